The molecule has 0 unspecified atom stereocenters. The van der Waals surface area contributed by atoms with E-state index >= 15 is 0 Å². The molecule has 2 heterocycles. The number of nitrogens with zero attached hydrogens (tertiary/aromatic N) is 3. The highest BCUT2D eigenvalue weighted by Gasteiger charge is 2.21. The van der Waals surface area contributed by atoms with Gasteiger partial charge in [0.15, 0.2) is 0 Å². The number of hydrogen-bond acceptors (Lipinski definition) is 5. The number of nitro benzene ring substituents is 1. The van der Waals surface area contributed by atoms with Crippen LogP contribution in [0.5, 0.6) is 0 Å². The van der Waals surface area contributed by atoms with Crippen LogP contribution in [0.2, 0.25) is 0 Å². The number of anilines is 1. The van der Waals surface area contributed by atoms with Crippen molar-refractivity contribution in [1.82, 2.24) is 10.2 Å². The number of rotatable bonds is 4. The standard InChI is InChI=1S/C16H24N4O2/c21-20(22)16-3-1-15(2-4-16)19-11-9-18(10-12-19)13-14-5-7-17-8-6-14/h1-4,14,17H,5-13H2. The predicted molar refractivity (Wildman–Crippen MR) is 87.3 cm³/mol. The molecule has 0 spiro atoms. The average molecular weight is 304 g/mol. The van der Waals surface area contributed by atoms with E-state index in [0.29, 0.717) is 0 Å². The van der Waals surface area contributed by atoms with Gasteiger partial charge in [-0.1, -0.05) is 0 Å². The van der Waals surface area contributed by atoms with Crippen LogP contribution in [0.4, 0.5) is 11.4 Å². The van der Waals surface area contributed by atoms with Crippen molar-refractivity contribution in [2.45, 2.75) is 12.8 Å². The van der Waals surface area contributed by atoms with Crippen molar-refractivity contribution < 1.29 is 4.92 Å². The first-order chi connectivity index (χ1) is 10.7. The molecule has 2 aliphatic heterocycles. The third kappa shape index (κ3) is 3.75. The Morgan fingerprint density at radius 1 is 1.09 bits per heavy atom. The van der Waals surface area contributed by atoms with Crippen LogP contribution in [0.1, 0.15) is 12.8 Å². The maximum Gasteiger partial charge on any atom is 0.269 e. The Kier molecular flexibility index (Phi) is 4.90. The Morgan fingerprint density at radius 3 is 2.32 bits per heavy atom. The zero-order valence-corrected chi connectivity index (χ0v) is 12.9. The van der Waals surface area contributed by atoms with Gasteiger partial charge >= 0.3 is 0 Å². The third-order valence-electron chi connectivity index (χ3n) is 4.77. The summed E-state index contributed by atoms with van der Waals surface area (Å²) in [7, 11) is 0. The molecule has 1 aromatic rings. The molecule has 6 nitrogen and oxygen atoms in total. The summed E-state index contributed by atoms with van der Waals surface area (Å²) in [5, 5.41) is 14.1. The molecule has 0 bridgehead atoms. The molecule has 0 amide bonds. The van der Waals surface area contributed by atoms with Gasteiger partial charge in [0.1, 0.15) is 0 Å². The minimum Gasteiger partial charge on any atom is -0.369 e. The molecule has 0 atom stereocenters. The second-order valence-electron chi connectivity index (χ2n) is 6.25. The largest absolute Gasteiger partial charge is 0.369 e. The van der Waals surface area contributed by atoms with E-state index in [9.17, 15) is 10.1 Å². The number of hydrogen-bond donors (Lipinski definition) is 1. The van der Waals surface area contributed by atoms with Gasteiger partial charge in [-0.2, -0.15) is 0 Å². The first kappa shape index (κ1) is 15.2. The molecule has 2 fully saturated rings. The third-order valence-corrected chi connectivity index (χ3v) is 4.77. The number of non-ortho nitro benzene ring substituents is 1. The Bertz CT molecular complexity index is 491. The van der Waals surface area contributed by atoms with Crippen molar-refractivity contribution >= 4 is 11.4 Å². The van der Waals surface area contributed by atoms with E-state index in [4.69, 9.17) is 0 Å². The topological polar surface area (TPSA) is 61.7 Å². The second kappa shape index (κ2) is 7.07. The van der Waals surface area contributed by atoms with Crippen molar-refractivity contribution in [1.29, 1.82) is 0 Å². The van der Waals surface area contributed by atoms with Crippen molar-refractivity contribution in [2.24, 2.45) is 5.92 Å². The lowest BCUT2D eigenvalue weighted by molar-refractivity contribution is -0.384. The minimum atomic E-state index is -0.346. The van der Waals surface area contributed by atoms with E-state index in [1.165, 1.54) is 19.4 Å². The van der Waals surface area contributed by atoms with Crippen molar-refractivity contribution in [3.63, 3.8) is 0 Å². The van der Waals surface area contributed by atoms with Crippen LogP contribution in [0.25, 0.3) is 0 Å². The van der Waals surface area contributed by atoms with E-state index in [1.54, 1.807) is 12.1 Å². The van der Waals surface area contributed by atoms with E-state index < -0.39 is 0 Å². The summed E-state index contributed by atoms with van der Waals surface area (Å²) < 4.78 is 0. The monoisotopic (exact) mass is 304 g/mol. The van der Waals surface area contributed by atoms with E-state index in [1.807, 2.05) is 12.1 Å². The van der Waals surface area contributed by atoms with Gasteiger partial charge in [-0.25, -0.2) is 0 Å². The lowest BCUT2D eigenvalue weighted by atomic mass is 9.97. The first-order valence-corrected chi connectivity index (χ1v) is 8.15. The average Bonchev–Trinajstić information content (AvgIpc) is 2.57. The molecule has 22 heavy (non-hydrogen) atoms. The fraction of sp³-hybridized carbons (Fsp3) is 0.625. The highest BCUT2D eigenvalue weighted by atomic mass is 16.6. The summed E-state index contributed by atoms with van der Waals surface area (Å²) in [4.78, 5) is 15.2. The van der Waals surface area contributed by atoms with Crippen LogP contribution in [0.3, 0.4) is 0 Å². The van der Waals surface area contributed by atoms with Gasteiger partial charge in [0.05, 0.1) is 4.92 Å². The molecule has 0 radical (unpaired) electrons. The van der Waals surface area contributed by atoms with Gasteiger partial charge in [0, 0.05) is 50.5 Å². The number of nitrogens with one attached hydrogen (secondary N) is 1. The van der Waals surface area contributed by atoms with Crippen LogP contribution >= 0.6 is 0 Å². The van der Waals surface area contributed by atoms with Gasteiger partial charge in [-0.3, -0.25) is 15.0 Å². The number of piperazine rings is 1. The molecule has 6 heteroatoms. The normalized spacial score (nSPS) is 21.0. The highest BCUT2D eigenvalue weighted by Crippen LogP contribution is 2.21. The summed E-state index contributed by atoms with van der Waals surface area (Å²) in [5.41, 5.74) is 1.25. The summed E-state index contributed by atoms with van der Waals surface area (Å²) >= 11 is 0. The highest BCUT2D eigenvalue weighted by molar-refractivity contribution is 5.51. The summed E-state index contributed by atoms with van der Waals surface area (Å²) in [6.07, 6.45) is 2.59. The molecule has 2 saturated heterocycles. The fourth-order valence-corrected chi connectivity index (χ4v) is 3.40. The lowest BCUT2D eigenvalue weighted by Crippen LogP contribution is -2.48. The van der Waals surface area contributed by atoms with Crippen LogP contribution in [-0.2, 0) is 0 Å². The second-order valence-corrected chi connectivity index (χ2v) is 6.25. The number of nitro groups is 1. The van der Waals surface area contributed by atoms with E-state index in [2.05, 4.69) is 15.1 Å². The summed E-state index contributed by atoms with van der Waals surface area (Å²) in [6.45, 7) is 7.71. The van der Waals surface area contributed by atoms with Gasteiger partial charge in [0.25, 0.3) is 5.69 Å². The molecular weight excluding hydrogens is 280 g/mol. The molecule has 0 aliphatic carbocycles. The van der Waals surface area contributed by atoms with Crippen molar-refractivity contribution in [2.75, 3.05) is 50.7 Å². The Labute approximate surface area is 131 Å². The molecule has 2 aliphatic rings. The maximum absolute atomic E-state index is 10.7. The molecule has 0 saturated carbocycles. The zero-order valence-electron chi connectivity index (χ0n) is 12.9. The smallest absolute Gasteiger partial charge is 0.269 e. The van der Waals surface area contributed by atoms with Crippen LogP contribution in [0, 0.1) is 16.0 Å². The Hall–Kier alpha value is -1.66. The predicted octanol–water partition coefficient (Wildman–Crippen LogP) is 1.72. The SMILES string of the molecule is O=[N+]([O-])c1ccc(N2CCN(CC3CCNCC3)CC2)cc1. The van der Waals surface area contributed by atoms with Crippen LogP contribution in [0.15, 0.2) is 24.3 Å². The van der Waals surface area contributed by atoms with E-state index in [-0.39, 0.29) is 10.6 Å². The minimum absolute atomic E-state index is 0.160. The first-order valence-electron chi connectivity index (χ1n) is 8.15. The molecule has 1 aromatic carbocycles. The quantitative estimate of drug-likeness (QED) is 0.678. The summed E-state index contributed by atoms with van der Waals surface area (Å²) in [6, 6.07) is 6.91. The van der Waals surface area contributed by atoms with Crippen molar-refractivity contribution in [3.05, 3.63) is 34.4 Å². The van der Waals surface area contributed by atoms with Crippen LogP contribution in [-0.4, -0.2) is 55.6 Å². The van der Waals surface area contributed by atoms with Gasteiger partial charge in [0.2, 0.25) is 0 Å². The summed E-state index contributed by atoms with van der Waals surface area (Å²) in [5.74, 6) is 0.840. The fourth-order valence-electron chi connectivity index (χ4n) is 3.40. The van der Waals surface area contributed by atoms with Gasteiger partial charge in [-0.15, -0.1) is 0 Å². The number of piperidine rings is 1. The number of benzene rings is 1. The van der Waals surface area contributed by atoms with Crippen molar-refractivity contribution in [3.8, 4) is 0 Å². The van der Waals surface area contributed by atoms with Gasteiger partial charge in [-0.05, 0) is 44.0 Å². The molecular formula is C16H24N4O2. The molecule has 120 valence electrons. The lowest BCUT2D eigenvalue weighted by Gasteiger charge is -2.38. The molecule has 1 N–H and O–H groups in total. The maximum atomic E-state index is 10.7. The molecule has 0 aromatic heterocycles. The Balaban J connectivity index is 1.49. The van der Waals surface area contributed by atoms with E-state index in [0.717, 1.165) is 50.9 Å². The molecule has 3 rings (SSSR count). The zero-order chi connectivity index (χ0) is 15.4. The Morgan fingerprint density at radius 2 is 1.73 bits per heavy atom. The van der Waals surface area contributed by atoms with Crippen LogP contribution < -0.4 is 10.2 Å². The van der Waals surface area contributed by atoms with Gasteiger partial charge < -0.3 is 10.2 Å².